The van der Waals surface area contributed by atoms with Crippen molar-refractivity contribution < 1.29 is 10.2 Å². The molecule has 158 valence electrons. The first-order valence-electron chi connectivity index (χ1n) is 10.7. The van der Waals surface area contributed by atoms with Crippen molar-refractivity contribution in [2.45, 2.75) is 20.8 Å². The molecule has 5 aromatic rings. The van der Waals surface area contributed by atoms with Crippen molar-refractivity contribution in [2.24, 2.45) is 0 Å². The number of rotatable bonds is 2. The van der Waals surface area contributed by atoms with Crippen LogP contribution in [0.1, 0.15) is 16.7 Å². The SMILES string of the molecule is Cc1c(P)c(C)c(-c2ccc3ccccc3c2O)c(C)c1-c1ccc2ccccc2c1O. The van der Waals surface area contributed by atoms with E-state index in [1.54, 1.807) is 0 Å². The van der Waals surface area contributed by atoms with Gasteiger partial charge < -0.3 is 10.2 Å². The minimum Gasteiger partial charge on any atom is -0.507 e. The summed E-state index contributed by atoms with van der Waals surface area (Å²) in [4.78, 5) is 0. The molecule has 3 heteroatoms. The van der Waals surface area contributed by atoms with Gasteiger partial charge in [-0.2, -0.15) is 0 Å². The molecule has 0 saturated heterocycles. The van der Waals surface area contributed by atoms with Gasteiger partial charge in [0, 0.05) is 21.9 Å². The van der Waals surface area contributed by atoms with Gasteiger partial charge >= 0.3 is 0 Å². The lowest BCUT2D eigenvalue weighted by Gasteiger charge is -2.23. The Morgan fingerprint density at radius 1 is 0.531 bits per heavy atom. The second kappa shape index (κ2) is 7.65. The van der Waals surface area contributed by atoms with E-state index in [1.807, 2.05) is 60.7 Å². The van der Waals surface area contributed by atoms with Crippen LogP contribution in [0.4, 0.5) is 0 Å². The average Bonchev–Trinajstić information content (AvgIpc) is 2.81. The predicted octanol–water partition coefficient (Wildman–Crippen LogP) is 7.16. The van der Waals surface area contributed by atoms with Crippen LogP contribution in [0.15, 0.2) is 72.8 Å². The summed E-state index contributed by atoms with van der Waals surface area (Å²) in [7, 11) is 2.86. The van der Waals surface area contributed by atoms with E-state index in [0.717, 1.165) is 65.8 Å². The predicted molar refractivity (Wildman–Crippen MR) is 139 cm³/mol. The fourth-order valence-electron chi connectivity index (χ4n) is 4.96. The Bertz CT molecular complexity index is 1420. The maximum absolute atomic E-state index is 11.2. The normalized spacial score (nSPS) is 11.4. The van der Waals surface area contributed by atoms with Crippen LogP contribution in [0.25, 0.3) is 43.8 Å². The van der Waals surface area contributed by atoms with E-state index in [4.69, 9.17) is 0 Å². The number of phenols is 2. The first-order valence-corrected chi connectivity index (χ1v) is 11.3. The Morgan fingerprint density at radius 3 is 1.38 bits per heavy atom. The number of benzene rings is 5. The monoisotopic (exact) mass is 436 g/mol. The van der Waals surface area contributed by atoms with E-state index in [2.05, 4.69) is 42.1 Å². The van der Waals surface area contributed by atoms with E-state index in [9.17, 15) is 10.2 Å². The smallest absolute Gasteiger partial charge is 0.131 e. The number of hydrogen-bond donors (Lipinski definition) is 2. The molecule has 0 radical (unpaired) electrons. The Balaban J connectivity index is 1.85. The molecule has 2 N–H and O–H groups in total. The average molecular weight is 436 g/mol. The molecular weight excluding hydrogens is 411 g/mol. The summed E-state index contributed by atoms with van der Waals surface area (Å²) in [6.07, 6.45) is 0. The number of hydrogen-bond acceptors (Lipinski definition) is 2. The second-order valence-electron chi connectivity index (χ2n) is 8.40. The molecule has 0 aliphatic carbocycles. The summed E-state index contributed by atoms with van der Waals surface area (Å²) in [5, 5.41) is 27.2. The fraction of sp³-hybridized carbons (Fsp3) is 0.103. The largest absolute Gasteiger partial charge is 0.507 e. The summed E-state index contributed by atoms with van der Waals surface area (Å²) in [6.45, 7) is 6.27. The van der Waals surface area contributed by atoms with Crippen LogP contribution < -0.4 is 5.30 Å². The summed E-state index contributed by atoms with van der Waals surface area (Å²) < 4.78 is 0. The molecule has 32 heavy (non-hydrogen) atoms. The van der Waals surface area contributed by atoms with E-state index >= 15 is 0 Å². The maximum Gasteiger partial charge on any atom is 0.131 e. The topological polar surface area (TPSA) is 40.5 Å². The lowest BCUT2D eigenvalue weighted by atomic mass is 9.84. The highest BCUT2D eigenvalue weighted by atomic mass is 31.0. The van der Waals surface area contributed by atoms with Gasteiger partial charge in [-0.05, 0) is 64.7 Å². The number of aromatic hydroxyl groups is 2. The molecule has 2 nitrogen and oxygen atoms in total. The van der Waals surface area contributed by atoms with E-state index < -0.39 is 0 Å². The molecule has 0 fully saturated rings. The van der Waals surface area contributed by atoms with Gasteiger partial charge in [0.25, 0.3) is 0 Å². The Morgan fingerprint density at radius 2 is 0.938 bits per heavy atom. The molecule has 5 rings (SSSR count). The van der Waals surface area contributed by atoms with E-state index in [-0.39, 0.29) is 11.5 Å². The van der Waals surface area contributed by atoms with Gasteiger partial charge in [0.1, 0.15) is 11.5 Å². The molecule has 0 spiro atoms. The molecule has 0 heterocycles. The summed E-state index contributed by atoms with van der Waals surface area (Å²) in [6, 6.07) is 23.9. The van der Waals surface area contributed by atoms with Crippen LogP contribution >= 0.6 is 9.24 Å². The van der Waals surface area contributed by atoms with Gasteiger partial charge in [-0.15, -0.1) is 9.24 Å². The van der Waals surface area contributed by atoms with Crippen LogP contribution in [0.5, 0.6) is 11.5 Å². The van der Waals surface area contributed by atoms with Crippen molar-refractivity contribution in [3.8, 4) is 33.8 Å². The maximum atomic E-state index is 11.2. The first kappa shape index (κ1) is 20.5. The zero-order valence-corrected chi connectivity index (χ0v) is 19.6. The molecule has 0 aliphatic rings. The van der Waals surface area contributed by atoms with Gasteiger partial charge in [0.2, 0.25) is 0 Å². The molecule has 0 bridgehead atoms. The molecular formula is C29H25O2P. The number of fused-ring (bicyclic) bond motifs is 2. The molecule has 5 aromatic carbocycles. The fourth-order valence-corrected chi connectivity index (χ4v) is 5.25. The zero-order chi connectivity index (χ0) is 22.6. The van der Waals surface area contributed by atoms with Gasteiger partial charge in [-0.3, -0.25) is 0 Å². The Hall–Kier alpha value is -3.35. The van der Waals surface area contributed by atoms with Gasteiger partial charge in [-0.25, -0.2) is 0 Å². The third kappa shape index (κ3) is 2.98. The second-order valence-corrected chi connectivity index (χ2v) is 8.98. The van der Waals surface area contributed by atoms with Crippen LogP contribution in [-0.4, -0.2) is 10.2 Å². The standard InChI is InChI=1S/C29H25O2P/c1-16-25(23-14-12-19-8-4-6-10-21(19)27(23)30)17(2)29(32)18(3)26(16)24-15-13-20-9-5-7-11-22(20)28(24)31/h4-15,30-31H,32H2,1-3H3. The summed E-state index contributed by atoms with van der Waals surface area (Å²) in [5.41, 5.74) is 6.90. The minimum absolute atomic E-state index is 0.288. The lowest BCUT2D eigenvalue weighted by Crippen LogP contribution is -2.09. The van der Waals surface area contributed by atoms with Crippen LogP contribution in [0.2, 0.25) is 0 Å². The Labute approximate surface area is 190 Å². The highest BCUT2D eigenvalue weighted by Gasteiger charge is 2.22. The van der Waals surface area contributed by atoms with Crippen LogP contribution in [-0.2, 0) is 0 Å². The molecule has 0 aliphatic heterocycles. The first-order chi connectivity index (χ1) is 15.4. The minimum atomic E-state index is 0.288. The highest BCUT2D eigenvalue weighted by Crippen LogP contribution is 2.45. The van der Waals surface area contributed by atoms with E-state index in [0.29, 0.717) is 0 Å². The summed E-state index contributed by atoms with van der Waals surface area (Å²) >= 11 is 0. The van der Waals surface area contributed by atoms with Crippen molar-refractivity contribution in [1.29, 1.82) is 0 Å². The van der Waals surface area contributed by atoms with E-state index in [1.165, 1.54) is 0 Å². The molecule has 1 unspecified atom stereocenters. The van der Waals surface area contributed by atoms with Crippen LogP contribution in [0, 0.1) is 20.8 Å². The van der Waals surface area contributed by atoms with Crippen molar-refractivity contribution in [3.05, 3.63) is 89.5 Å². The summed E-state index contributed by atoms with van der Waals surface area (Å²) in [5.74, 6) is 0.576. The van der Waals surface area contributed by atoms with Crippen molar-refractivity contribution in [2.75, 3.05) is 0 Å². The molecule has 0 amide bonds. The van der Waals surface area contributed by atoms with Gasteiger partial charge in [0.15, 0.2) is 0 Å². The van der Waals surface area contributed by atoms with Gasteiger partial charge in [0.05, 0.1) is 0 Å². The Kier molecular flexibility index (Phi) is 4.92. The quantitative estimate of drug-likeness (QED) is 0.288. The third-order valence-electron chi connectivity index (χ3n) is 6.65. The molecule has 1 atom stereocenters. The number of phenolic OH excluding ortho intramolecular Hbond substituents is 2. The third-order valence-corrected chi connectivity index (χ3v) is 7.51. The molecule has 0 aromatic heterocycles. The lowest BCUT2D eigenvalue weighted by molar-refractivity contribution is 0.483. The van der Waals surface area contributed by atoms with Gasteiger partial charge in [-0.1, -0.05) is 72.8 Å². The highest BCUT2D eigenvalue weighted by molar-refractivity contribution is 7.27. The van der Waals surface area contributed by atoms with Crippen molar-refractivity contribution in [3.63, 3.8) is 0 Å². The van der Waals surface area contributed by atoms with Crippen LogP contribution in [0.3, 0.4) is 0 Å². The zero-order valence-electron chi connectivity index (χ0n) is 18.4. The van der Waals surface area contributed by atoms with Crippen molar-refractivity contribution in [1.82, 2.24) is 0 Å². The molecule has 0 saturated carbocycles. The van der Waals surface area contributed by atoms with Crippen molar-refractivity contribution >= 4 is 36.1 Å².